The van der Waals surface area contributed by atoms with E-state index in [4.69, 9.17) is 10.8 Å². The summed E-state index contributed by atoms with van der Waals surface area (Å²) >= 11 is 0. The first-order chi connectivity index (χ1) is 5.95. The van der Waals surface area contributed by atoms with Gasteiger partial charge in [-0.2, -0.15) is 0 Å². The number of amides is 1. The molecule has 1 amide bonds. The number of aliphatic hydroxyl groups is 1. The second-order valence-corrected chi connectivity index (χ2v) is 4.38. The van der Waals surface area contributed by atoms with Gasteiger partial charge >= 0.3 is 0 Å². The van der Waals surface area contributed by atoms with Gasteiger partial charge in [0.05, 0.1) is 11.5 Å². The van der Waals surface area contributed by atoms with Gasteiger partial charge < -0.3 is 16.2 Å². The third-order valence-electron chi connectivity index (χ3n) is 2.57. The van der Waals surface area contributed by atoms with Gasteiger partial charge in [0.2, 0.25) is 5.91 Å². The molecule has 1 aliphatic carbocycles. The average molecular weight is 186 g/mol. The normalized spacial score (nSPS) is 28.0. The zero-order valence-corrected chi connectivity index (χ0v) is 8.21. The molecule has 0 bridgehead atoms. The Bertz CT molecular complexity index is 198. The predicted molar refractivity (Wildman–Crippen MR) is 50.0 cm³/mol. The molecule has 1 rings (SSSR count). The Morgan fingerprint density at radius 1 is 1.62 bits per heavy atom. The van der Waals surface area contributed by atoms with Crippen LogP contribution in [0.5, 0.6) is 0 Å². The Morgan fingerprint density at radius 3 is 2.54 bits per heavy atom. The summed E-state index contributed by atoms with van der Waals surface area (Å²) in [5.74, 6) is -0.0214. The Hall–Kier alpha value is -0.610. The van der Waals surface area contributed by atoms with E-state index in [1.54, 1.807) is 0 Å². The van der Waals surface area contributed by atoms with Crippen LogP contribution in [-0.2, 0) is 4.79 Å². The lowest BCUT2D eigenvalue weighted by Crippen LogP contribution is -2.52. The van der Waals surface area contributed by atoms with E-state index in [2.05, 4.69) is 5.32 Å². The van der Waals surface area contributed by atoms with Crippen LogP contribution in [0.15, 0.2) is 0 Å². The maximum Gasteiger partial charge on any atom is 0.227 e. The summed E-state index contributed by atoms with van der Waals surface area (Å²) in [5.41, 5.74) is 4.96. The highest BCUT2D eigenvalue weighted by molar-refractivity contribution is 5.82. The maximum absolute atomic E-state index is 11.5. The fraction of sp³-hybridized carbons (Fsp3) is 0.889. The first-order valence-electron chi connectivity index (χ1n) is 4.65. The molecule has 0 aromatic rings. The minimum absolute atomic E-state index is 0.0214. The first-order valence-corrected chi connectivity index (χ1v) is 4.65. The molecule has 0 aromatic carbocycles. The summed E-state index contributed by atoms with van der Waals surface area (Å²) in [6, 6.07) is 0.147. The summed E-state index contributed by atoms with van der Waals surface area (Å²) in [4.78, 5) is 11.5. The maximum atomic E-state index is 11.5. The molecule has 76 valence electrons. The summed E-state index contributed by atoms with van der Waals surface area (Å²) in [6.45, 7) is 3.98. The van der Waals surface area contributed by atoms with Crippen molar-refractivity contribution in [2.24, 2.45) is 11.1 Å². The van der Waals surface area contributed by atoms with Crippen molar-refractivity contribution in [1.82, 2.24) is 5.32 Å². The molecule has 0 saturated heterocycles. The molecule has 0 radical (unpaired) electrons. The van der Waals surface area contributed by atoms with Gasteiger partial charge in [-0.3, -0.25) is 4.79 Å². The number of carbonyl (C=O) groups excluding carboxylic acids is 1. The lowest BCUT2D eigenvalue weighted by Gasteiger charge is -2.34. The van der Waals surface area contributed by atoms with E-state index in [0.717, 1.165) is 0 Å². The van der Waals surface area contributed by atoms with E-state index < -0.39 is 5.41 Å². The van der Waals surface area contributed by atoms with Gasteiger partial charge in [-0.15, -0.1) is 0 Å². The number of nitrogens with two attached hydrogens (primary N) is 1. The van der Waals surface area contributed by atoms with Crippen molar-refractivity contribution in [1.29, 1.82) is 0 Å². The van der Waals surface area contributed by atoms with Crippen LogP contribution < -0.4 is 11.1 Å². The Labute approximate surface area is 78.5 Å². The van der Waals surface area contributed by atoms with Crippen molar-refractivity contribution in [2.75, 3.05) is 6.54 Å². The molecule has 0 unspecified atom stereocenters. The van der Waals surface area contributed by atoms with Gasteiger partial charge in [0.15, 0.2) is 0 Å². The van der Waals surface area contributed by atoms with Crippen LogP contribution >= 0.6 is 0 Å². The number of hydrogen-bond donors (Lipinski definition) is 3. The van der Waals surface area contributed by atoms with Gasteiger partial charge in [0.1, 0.15) is 0 Å². The Balaban J connectivity index is 2.33. The van der Waals surface area contributed by atoms with E-state index in [1.165, 1.54) is 0 Å². The molecule has 0 spiro atoms. The molecule has 1 saturated carbocycles. The minimum atomic E-state index is -0.499. The third-order valence-corrected chi connectivity index (χ3v) is 2.57. The fourth-order valence-corrected chi connectivity index (χ4v) is 1.18. The molecule has 0 aliphatic heterocycles. The van der Waals surface area contributed by atoms with Crippen LogP contribution in [0.2, 0.25) is 0 Å². The van der Waals surface area contributed by atoms with E-state index >= 15 is 0 Å². The highest BCUT2D eigenvalue weighted by atomic mass is 16.3. The van der Waals surface area contributed by atoms with Gasteiger partial charge in [0, 0.05) is 12.6 Å². The standard InChI is InChI=1S/C9H18N2O2/c1-9(2,5-10)8(13)11-6-3-7(12)4-6/h6-7,12H,3-5,10H2,1-2H3,(H,11,13). The molecule has 1 aliphatic rings. The molecule has 1 fully saturated rings. The SMILES string of the molecule is CC(C)(CN)C(=O)NC1CC(O)C1. The van der Waals surface area contributed by atoms with Crippen LogP contribution in [-0.4, -0.2) is 29.7 Å². The molecule has 4 heteroatoms. The van der Waals surface area contributed by atoms with Crippen molar-refractivity contribution >= 4 is 5.91 Å². The van der Waals surface area contributed by atoms with Crippen molar-refractivity contribution < 1.29 is 9.90 Å². The zero-order valence-electron chi connectivity index (χ0n) is 8.21. The van der Waals surface area contributed by atoms with Crippen LogP contribution in [0.1, 0.15) is 26.7 Å². The molecule has 4 nitrogen and oxygen atoms in total. The highest BCUT2D eigenvalue weighted by Gasteiger charge is 2.33. The summed E-state index contributed by atoms with van der Waals surface area (Å²) < 4.78 is 0. The first kappa shape index (κ1) is 10.5. The van der Waals surface area contributed by atoms with E-state index in [9.17, 15) is 4.79 Å². The van der Waals surface area contributed by atoms with E-state index in [-0.39, 0.29) is 18.1 Å². The summed E-state index contributed by atoms with van der Waals surface area (Å²) in [7, 11) is 0. The highest BCUT2D eigenvalue weighted by Crippen LogP contribution is 2.21. The van der Waals surface area contributed by atoms with Gasteiger partial charge in [-0.1, -0.05) is 0 Å². The Kier molecular flexibility index (Phi) is 2.93. The lowest BCUT2D eigenvalue weighted by molar-refractivity contribution is -0.131. The van der Waals surface area contributed by atoms with Crippen molar-refractivity contribution in [3.63, 3.8) is 0 Å². The smallest absolute Gasteiger partial charge is 0.227 e. The molecule has 0 heterocycles. The number of hydrogen-bond acceptors (Lipinski definition) is 3. The van der Waals surface area contributed by atoms with Crippen LogP contribution in [0.25, 0.3) is 0 Å². The van der Waals surface area contributed by atoms with Crippen LogP contribution in [0.4, 0.5) is 0 Å². The molecular weight excluding hydrogens is 168 g/mol. The number of rotatable bonds is 3. The number of nitrogens with one attached hydrogen (secondary N) is 1. The van der Waals surface area contributed by atoms with Gasteiger partial charge in [0.25, 0.3) is 0 Å². The molecule has 4 N–H and O–H groups in total. The molecular formula is C9H18N2O2. The predicted octanol–water partition coefficient (Wildman–Crippen LogP) is -0.389. The fourth-order valence-electron chi connectivity index (χ4n) is 1.18. The topological polar surface area (TPSA) is 75.4 Å². The number of carbonyl (C=O) groups is 1. The zero-order chi connectivity index (χ0) is 10.1. The van der Waals surface area contributed by atoms with Gasteiger partial charge in [-0.25, -0.2) is 0 Å². The van der Waals surface area contributed by atoms with Crippen molar-refractivity contribution in [2.45, 2.75) is 38.8 Å². The summed E-state index contributed by atoms with van der Waals surface area (Å²) in [6.07, 6.45) is 1.12. The number of aliphatic hydroxyl groups excluding tert-OH is 1. The van der Waals surface area contributed by atoms with E-state index in [1.807, 2.05) is 13.8 Å². The second-order valence-electron chi connectivity index (χ2n) is 4.38. The summed E-state index contributed by atoms with van der Waals surface area (Å²) in [5, 5.41) is 11.9. The second kappa shape index (κ2) is 3.64. The van der Waals surface area contributed by atoms with E-state index in [0.29, 0.717) is 19.4 Å². The largest absolute Gasteiger partial charge is 0.393 e. The van der Waals surface area contributed by atoms with Crippen LogP contribution in [0, 0.1) is 5.41 Å². The minimum Gasteiger partial charge on any atom is -0.393 e. The monoisotopic (exact) mass is 186 g/mol. The lowest BCUT2D eigenvalue weighted by atomic mass is 9.86. The van der Waals surface area contributed by atoms with Gasteiger partial charge in [-0.05, 0) is 26.7 Å². The van der Waals surface area contributed by atoms with Crippen LogP contribution in [0.3, 0.4) is 0 Å². The Morgan fingerprint density at radius 2 is 2.15 bits per heavy atom. The van der Waals surface area contributed by atoms with Crippen molar-refractivity contribution in [3.8, 4) is 0 Å². The quantitative estimate of drug-likeness (QED) is 0.562. The molecule has 0 atom stereocenters. The molecule has 13 heavy (non-hydrogen) atoms. The molecule has 0 aromatic heterocycles. The van der Waals surface area contributed by atoms with Crippen molar-refractivity contribution in [3.05, 3.63) is 0 Å². The third kappa shape index (κ3) is 2.42. The average Bonchev–Trinajstić information content (AvgIpc) is 2.01.